The molecule has 0 aromatic heterocycles. The Morgan fingerprint density at radius 1 is 1.28 bits per heavy atom. The van der Waals surface area contributed by atoms with E-state index in [1.165, 1.54) is 0 Å². The van der Waals surface area contributed by atoms with Crippen molar-refractivity contribution in [3.8, 4) is 0 Å². The molecule has 0 aromatic rings. The Hall–Kier alpha value is -2.19. The molecule has 0 radical (unpaired) electrons. The second kappa shape index (κ2) is 10.7. The molecule has 3 aliphatic rings. The third-order valence-corrected chi connectivity index (χ3v) is 8.39. The SMILES string of the molecule is C=CCCOC(=O)[C@H]1[C@H]2C(=O)N([C@@H](CO)CC(C)C)C(C(=O)N(CC=C)C(C)C)C23CC(C)[C@]1(C)O3. The van der Waals surface area contributed by atoms with Gasteiger partial charge in [-0.05, 0) is 51.9 Å². The number of aliphatic hydroxyl groups is 1. The minimum atomic E-state index is -1.16. The van der Waals surface area contributed by atoms with E-state index >= 15 is 0 Å². The zero-order chi connectivity index (χ0) is 27.0. The van der Waals surface area contributed by atoms with E-state index in [0.717, 1.165) is 0 Å². The summed E-state index contributed by atoms with van der Waals surface area (Å²) >= 11 is 0. The van der Waals surface area contributed by atoms with Gasteiger partial charge in [-0.25, -0.2) is 0 Å². The molecule has 3 unspecified atom stereocenters. The van der Waals surface area contributed by atoms with Crippen molar-refractivity contribution in [2.24, 2.45) is 23.7 Å². The number of likely N-dealkylation sites (tertiary alicyclic amines) is 1. The van der Waals surface area contributed by atoms with Crippen LogP contribution in [0.3, 0.4) is 0 Å². The van der Waals surface area contributed by atoms with Crippen molar-refractivity contribution >= 4 is 17.8 Å². The maximum Gasteiger partial charge on any atom is 0.312 e. The highest BCUT2D eigenvalue weighted by molar-refractivity contribution is 5.99. The van der Waals surface area contributed by atoms with Gasteiger partial charge in [0.1, 0.15) is 17.6 Å². The molecule has 8 nitrogen and oxygen atoms in total. The van der Waals surface area contributed by atoms with E-state index in [-0.39, 0.29) is 42.9 Å². The van der Waals surface area contributed by atoms with Crippen LogP contribution in [-0.2, 0) is 23.9 Å². The van der Waals surface area contributed by atoms with Gasteiger partial charge in [-0.1, -0.05) is 32.9 Å². The Morgan fingerprint density at radius 3 is 2.47 bits per heavy atom. The minimum absolute atomic E-state index is 0.0710. The number of nitrogens with zero attached hydrogens (tertiary/aromatic N) is 2. The van der Waals surface area contributed by atoms with E-state index in [1.807, 2.05) is 41.5 Å². The molecule has 0 aromatic carbocycles. The second-order valence-electron chi connectivity index (χ2n) is 11.5. The number of fused-ring (bicyclic) bond motifs is 1. The van der Waals surface area contributed by atoms with Gasteiger partial charge in [0.15, 0.2) is 0 Å². The number of ether oxygens (including phenoxy) is 2. The zero-order valence-electron chi connectivity index (χ0n) is 22.7. The Bertz CT molecular complexity index is 887. The Kier molecular flexibility index (Phi) is 8.40. The summed E-state index contributed by atoms with van der Waals surface area (Å²) in [7, 11) is 0. The fraction of sp³-hybridized carbons (Fsp3) is 0.750. The highest BCUT2D eigenvalue weighted by Crippen LogP contribution is 2.65. The molecule has 3 rings (SSSR count). The summed E-state index contributed by atoms with van der Waals surface area (Å²) in [5, 5.41) is 10.4. The monoisotopic (exact) mass is 504 g/mol. The van der Waals surface area contributed by atoms with Gasteiger partial charge < -0.3 is 24.4 Å². The molecule has 36 heavy (non-hydrogen) atoms. The molecule has 3 aliphatic heterocycles. The lowest BCUT2D eigenvalue weighted by molar-refractivity contribution is -0.164. The highest BCUT2D eigenvalue weighted by Gasteiger charge is 2.80. The van der Waals surface area contributed by atoms with Crippen molar-refractivity contribution in [3.63, 3.8) is 0 Å². The molecule has 3 saturated heterocycles. The van der Waals surface area contributed by atoms with Crippen molar-refractivity contribution in [2.45, 2.75) is 90.1 Å². The first-order valence-corrected chi connectivity index (χ1v) is 13.2. The smallest absolute Gasteiger partial charge is 0.312 e. The van der Waals surface area contributed by atoms with E-state index < -0.39 is 41.1 Å². The van der Waals surface area contributed by atoms with Crippen LogP contribution in [0.2, 0.25) is 0 Å². The lowest BCUT2D eigenvalue weighted by atomic mass is 9.62. The van der Waals surface area contributed by atoms with Crippen LogP contribution in [0, 0.1) is 23.7 Å². The summed E-state index contributed by atoms with van der Waals surface area (Å²) < 4.78 is 12.3. The molecule has 1 N–H and O–H groups in total. The summed E-state index contributed by atoms with van der Waals surface area (Å²) in [6.45, 7) is 19.5. The molecule has 3 fully saturated rings. The van der Waals surface area contributed by atoms with Crippen molar-refractivity contribution < 1.29 is 29.0 Å². The summed E-state index contributed by atoms with van der Waals surface area (Å²) in [5.41, 5.74) is -2.09. The van der Waals surface area contributed by atoms with Gasteiger partial charge in [0.2, 0.25) is 11.8 Å². The predicted molar refractivity (Wildman–Crippen MR) is 137 cm³/mol. The van der Waals surface area contributed by atoms with Crippen molar-refractivity contribution in [1.82, 2.24) is 9.80 Å². The predicted octanol–water partition coefficient (Wildman–Crippen LogP) is 2.95. The largest absolute Gasteiger partial charge is 0.465 e. The number of carbonyl (C=O) groups excluding carboxylic acids is 3. The number of hydrogen-bond acceptors (Lipinski definition) is 6. The summed E-state index contributed by atoms with van der Waals surface area (Å²) in [6.07, 6.45) is 4.85. The molecular weight excluding hydrogens is 460 g/mol. The lowest BCUT2D eigenvalue weighted by Crippen LogP contribution is -2.60. The number of amides is 2. The summed E-state index contributed by atoms with van der Waals surface area (Å²) in [6, 6.07) is -1.64. The third kappa shape index (κ3) is 4.40. The number of aliphatic hydroxyl groups excluding tert-OH is 1. The van der Waals surface area contributed by atoms with Crippen LogP contribution < -0.4 is 0 Å². The molecule has 1 spiro atoms. The summed E-state index contributed by atoms with van der Waals surface area (Å²) in [5.74, 6) is -2.58. The van der Waals surface area contributed by atoms with Crippen LogP contribution in [0.1, 0.15) is 60.8 Å². The zero-order valence-corrected chi connectivity index (χ0v) is 22.7. The normalized spacial score (nSPS) is 33.7. The van der Waals surface area contributed by atoms with E-state index in [1.54, 1.807) is 22.0 Å². The Labute approximate surface area is 215 Å². The molecule has 2 bridgehead atoms. The van der Waals surface area contributed by atoms with Crippen LogP contribution in [-0.4, -0.2) is 81.8 Å². The van der Waals surface area contributed by atoms with Gasteiger partial charge in [0.05, 0.1) is 30.8 Å². The maximum absolute atomic E-state index is 14.3. The highest BCUT2D eigenvalue weighted by atomic mass is 16.6. The van der Waals surface area contributed by atoms with Crippen molar-refractivity contribution in [2.75, 3.05) is 19.8 Å². The standard InChI is InChI=1S/C28H44N2O6/c1-9-11-13-35-26(34)22-21-24(32)30(20(16-31)14-17(3)4)23(25(33)29(12-10-2)18(5)6)28(21)15-19(7)27(22,8)36-28/h9-10,17-23,31H,1-2,11-16H2,3-8H3/t19?,20-,21+,22-,23?,27+,28?/m1/s1. The van der Waals surface area contributed by atoms with Gasteiger partial charge in [-0.2, -0.15) is 0 Å². The molecule has 0 aliphatic carbocycles. The summed E-state index contributed by atoms with van der Waals surface area (Å²) in [4.78, 5) is 45.2. The van der Waals surface area contributed by atoms with Gasteiger partial charge in [-0.15, -0.1) is 13.2 Å². The molecule has 3 heterocycles. The molecule has 8 heteroatoms. The first kappa shape index (κ1) is 28.4. The van der Waals surface area contributed by atoms with Gasteiger partial charge >= 0.3 is 5.97 Å². The fourth-order valence-electron chi connectivity index (χ4n) is 6.71. The van der Waals surface area contributed by atoms with Gasteiger partial charge in [0, 0.05) is 12.6 Å². The number of carbonyl (C=O) groups is 3. The maximum atomic E-state index is 14.3. The topological polar surface area (TPSA) is 96.4 Å². The quantitative estimate of drug-likeness (QED) is 0.249. The first-order chi connectivity index (χ1) is 16.9. The molecular formula is C28H44N2O6. The van der Waals surface area contributed by atoms with Crippen LogP contribution in [0.4, 0.5) is 0 Å². The lowest BCUT2D eigenvalue weighted by Gasteiger charge is -2.41. The van der Waals surface area contributed by atoms with Gasteiger partial charge in [-0.3, -0.25) is 14.4 Å². The average Bonchev–Trinajstić information content (AvgIpc) is 3.32. The van der Waals surface area contributed by atoms with E-state index in [4.69, 9.17) is 9.47 Å². The van der Waals surface area contributed by atoms with Crippen LogP contribution >= 0.6 is 0 Å². The number of esters is 1. The minimum Gasteiger partial charge on any atom is -0.465 e. The second-order valence-corrected chi connectivity index (χ2v) is 11.5. The molecule has 0 saturated carbocycles. The van der Waals surface area contributed by atoms with Crippen molar-refractivity contribution in [3.05, 3.63) is 25.3 Å². The van der Waals surface area contributed by atoms with Crippen LogP contribution in [0.25, 0.3) is 0 Å². The molecule has 202 valence electrons. The third-order valence-electron chi connectivity index (χ3n) is 8.39. The molecule has 7 atom stereocenters. The molecule has 2 amide bonds. The van der Waals surface area contributed by atoms with Crippen molar-refractivity contribution in [1.29, 1.82) is 0 Å². The Morgan fingerprint density at radius 2 is 1.94 bits per heavy atom. The number of rotatable bonds is 12. The van der Waals surface area contributed by atoms with E-state index in [2.05, 4.69) is 13.2 Å². The first-order valence-electron chi connectivity index (χ1n) is 13.2. The van der Waals surface area contributed by atoms with E-state index in [0.29, 0.717) is 25.8 Å². The van der Waals surface area contributed by atoms with Gasteiger partial charge in [0.25, 0.3) is 0 Å². The fourth-order valence-corrected chi connectivity index (χ4v) is 6.71. The Balaban J connectivity index is 2.15. The average molecular weight is 505 g/mol. The number of hydrogen-bond donors (Lipinski definition) is 1. The van der Waals surface area contributed by atoms with Crippen LogP contribution in [0.5, 0.6) is 0 Å². The van der Waals surface area contributed by atoms with E-state index in [9.17, 15) is 19.5 Å². The van der Waals surface area contributed by atoms with Crippen LogP contribution in [0.15, 0.2) is 25.3 Å².